The van der Waals surface area contributed by atoms with E-state index in [1.165, 1.54) is 0 Å². The Morgan fingerprint density at radius 3 is 2.68 bits per heavy atom. The van der Waals surface area contributed by atoms with Crippen LogP contribution in [0.4, 0.5) is 0 Å². The third kappa shape index (κ3) is 4.86. The van der Waals surface area contributed by atoms with E-state index in [1.54, 1.807) is 24.3 Å². The first kappa shape index (κ1) is 16.5. The third-order valence-corrected chi connectivity index (χ3v) is 3.91. The van der Waals surface area contributed by atoms with Gasteiger partial charge in [-0.15, -0.1) is 0 Å². The molecular formula is C16H18BrN3O2. The maximum Gasteiger partial charge on any atom is 0.251 e. The average Bonchev–Trinajstić information content (AvgIpc) is 2.92. The Morgan fingerprint density at radius 1 is 1.36 bits per heavy atom. The molecular weight excluding hydrogens is 346 g/mol. The minimum atomic E-state index is -0.190. The number of carbonyl (C=O) groups excluding carboxylic acids is 2. The van der Waals surface area contributed by atoms with Gasteiger partial charge in [0.05, 0.1) is 5.33 Å². The molecule has 1 atom stereocenters. The largest absolute Gasteiger partial charge is 0.348 e. The van der Waals surface area contributed by atoms with E-state index in [0.717, 1.165) is 25.1 Å². The molecule has 6 heteroatoms. The molecule has 5 nitrogen and oxygen atoms in total. The molecule has 0 aromatic heterocycles. The summed E-state index contributed by atoms with van der Waals surface area (Å²) in [6.07, 6.45) is 0.985. The summed E-state index contributed by atoms with van der Waals surface area (Å²) in [7, 11) is 2.05. The molecule has 0 spiro atoms. The monoisotopic (exact) mass is 363 g/mol. The molecule has 1 aliphatic rings. The van der Waals surface area contributed by atoms with Crippen molar-refractivity contribution in [3.8, 4) is 12.0 Å². The van der Waals surface area contributed by atoms with Crippen molar-refractivity contribution in [1.82, 2.24) is 15.5 Å². The molecule has 116 valence electrons. The molecule has 0 saturated carbocycles. The highest BCUT2D eigenvalue weighted by molar-refractivity contribution is 9.09. The highest BCUT2D eigenvalue weighted by Crippen LogP contribution is 2.08. The summed E-state index contributed by atoms with van der Waals surface area (Å²) >= 11 is 3.04. The molecule has 0 radical (unpaired) electrons. The van der Waals surface area contributed by atoms with Crippen molar-refractivity contribution in [2.45, 2.75) is 12.5 Å². The van der Waals surface area contributed by atoms with Crippen LogP contribution < -0.4 is 10.6 Å². The lowest BCUT2D eigenvalue weighted by Crippen LogP contribution is -2.36. The standard InChI is InChI=1S/C16H18BrN3O2/c1-20-9-7-14(11-20)19-16(22)13-4-2-12(3-5-13)6-8-18-15(21)10-17/h2-5,14H,7,9-11H2,1H3,(H,18,21)(H,19,22). The van der Waals surface area contributed by atoms with Crippen molar-refractivity contribution < 1.29 is 9.59 Å². The number of likely N-dealkylation sites (tertiary alicyclic amines) is 1. The van der Waals surface area contributed by atoms with Gasteiger partial charge in [0.15, 0.2) is 0 Å². The van der Waals surface area contributed by atoms with E-state index in [0.29, 0.717) is 5.56 Å². The van der Waals surface area contributed by atoms with Gasteiger partial charge in [0, 0.05) is 29.8 Å². The number of halogens is 1. The van der Waals surface area contributed by atoms with E-state index in [1.807, 2.05) is 7.05 Å². The Kier molecular flexibility index (Phi) is 5.99. The Hall–Kier alpha value is -1.84. The lowest BCUT2D eigenvalue weighted by Gasteiger charge is -2.12. The van der Waals surface area contributed by atoms with Crippen molar-refractivity contribution in [2.75, 3.05) is 25.5 Å². The maximum absolute atomic E-state index is 12.1. The molecule has 2 rings (SSSR count). The molecule has 1 aromatic rings. The number of nitrogens with zero attached hydrogens (tertiary/aromatic N) is 1. The number of hydrogen-bond acceptors (Lipinski definition) is 3. The van der Waals surface area contributed by atoms with Crippen LogP contribution in [-0.4, -0.2) is 48.2 Å². The lowest BCUT2D eigenvalue weighted by molar-refractivity contribution is -0.117. The molecule has 2 amide bonds. The van der Waals surface area contributed by atoms with Gasteiger partial charge in [-0.05, 0) is 50.2 Å². The van der Waals surface area contributed by atoms with Gasteiger partial charge in [-0.2, -0.15) is 0 Å². The minimum absolute atomic E-state index is 0.0626. The van der Waals surface area contributed by atoms with Gasteiger partial charge in [-0.3, -0.25) is 14.9 Å². The molecule has 1 aromatic carbocycles. The number of nitrogens with one attached hydrogen (secondary N) is 2. The molecule has 1 unspecified atom stereocenters. The van der Waals surface area contributed by atoms with E-state index in [4.69, 9.17) is 0 Å². The summed E-state index contributed by atoms with van der Waals surface area (Å²) in [6.45, 7) is 1.90. The van der Waals surface area contributed by atoms with Crippen LogP contribution in [0.15, 0.2) is 24.3 Å². The fraction of sp³-hybridized carbons (Fsp3) is 0.375. The highest BCUT2D eigenvalue weighted by Gasteiger charge is 2.21. The smallest absolute Gasteiger partial charge is 0.251 e. The van der Waals surface area contributed by atoms with Crippen molar-refractivity contribution in [1.29, 1.82) is 0 Å². The van der Waals surface area contributed by atoms with Crippen LogP contribution in [0.3, 0.4) is 0 Å². The maximum atomic E-state index is 12.1. The second-order valence-corrected chi connectivity index (χ2v) is 5.79. The molecule has 22 heavy (non-hydrogen) atoms. The molecule has 1 heterocycles. The van der Waals surface area contributed by atoms with Gasteiger partial charge in [-0.25, -0.2) is 0 Å². The normalized spacial score (nSPS) is 17.5. The third-order valence-electron chi connectivity index (χ3n) is 3.40. The van der Waals surface area contributed by atoms with Crippen LogP contribution in [0.1, 0.15) is 22.3 Å². The van der Waals surface area contributed by atoms with Crippen molar-refractivity contribution >= 4 is 27.7 Å². The first-order chi connectivity index (χ1) is 10.6. The zero-order chi connectivity index (χ0) is 15.9. The van der Waals surface area contributed by atoms with Gasteiger partial charge in [0.25, 0.3) is 5.91 Å². The molecule has 2 N–H and O–H groups in total. The Morgan fingerprint density at radius 2 is 2.09 bits per heavy atom. The van der Waals surface area contributed by atoms with Crippen LogP contribution in [0.25, 0.3) is 0 Å². The number of likely N-dealkylation sites (N-methyl/N-ethyl adjacent to an activating group) is 1. The topological polar surface area (TPSA) is 61.4 Å². The number of carbonyl (C=O) groups is 2. The van der Waals surface area contributed by atoms with Gasteiger partial charge in [-0.1, -0.05) is 15.9 Å². The zero-order valence-corrected chi connectivity index (χ0v) is 13.9. The lowest BCUT2D eigenvalue weighted by atomic mass is 10.1. The van der Waals surface area contributed by atoms with Crippen molar-refractivity contribution in [3.63, 3.8) is 0 Å². The number of alkyl halides is 1. The fourth-order valence-electron chi connectivity index (χ4n) is 2.23. The quantitative estimate of drug-likeness (QED) is 0.477. The van der Waals surface area contributed by atoms with Crippen molar-refractivity contribution in [3.05, 3.63) is 35.4 Å². The van der Waals surface area contributed by atoms with Crippen LogP contribution in [0, 0.1) is 12.0 Å². The summed E-state index contributed by atoms with van der Waals surface area (Å²) in [5.74, 6) is 2.56. The molecule has 1 saturated heterocycles. The predicted molar refractivity (Wildman–Crippen MR) is 88.6 cm³/mol. The SMILES string of the molecule is CN1CCC(NC(=O)c2ccc(C#CNC(=O)CBr)cc2)C1. The second kappa shape index (κ2) is 7.97. The summed E-state index contributed by atoms with van der Waals surface area (Å²) < 4.78 is 0. The first-order valence-corrected chi connectivity index (χ1v) is 8.16. The summed E-state index contributed by atoms with van der Waals surface area (Å²) in [5.41, 5.74) is 1.36. The summed E-state index contributed by atoms with van der Waals surface area (Å²) in [4.78, 5) is 25.3. The minimum Gasteiger partial charge on any atom is -0.348 e. The van der Waals surface area contributed by atoms with E-state index >= 15 is 0 Å². The van der Waals surface area contributed by atoms with Crippen LogP contribution in [-0.2, 0) is 4.79 Å². The molecule has 1 fully saturated rings. The second-order valence-electron chi connectivity index (χ2n) is 5.23. The highest BCUT2D eigenvalue weighted by atomic mass is 79.9. The Bertz CT molecular complexity index is 604. The molecule has 0 bridgehead atoms. The van der Waals surface area contributed by atoms with E-state index < -0.39 is 0 Å². The van der Waals surface area contributed by atoms with Gasteiger partial charge >= 0.3 is 0 Å². The first-order valence-electron chi connectivity index (χ1n) is 7.04. The Balaban J connectivity index is 1.90. The fourth-order valence-corrected chi connectivity index (χ4v) is 2.37. The molecule has 1 aliphatic heterocycles. The van der Waals surface area contributed by atoms with Crippen LogP contribution >= 0.6 is 15.9 Å². The zero-order valence-electron chi connectivity index (χ0n) is 12.4. The number of benzene rings is 1. The Labute approximate surface area is 138 Å². The average molecular weight is 364 g/mol. The van der Waals surface area contributed by atoms with Crippen LogP contribution in [0.5, 0.6) is 0 Å². The van der Waals surface area contributed by atoms with Gasteiger partial charge < -0.3 is 10.2 Å². The summed E-state index contributed by atoms with van der Waals surface area (Å²) in [6, 6.07) is 9.81. The van der Waals surface area contributed by atoms with Crippen molar-refractivity contribution in [2.24, 2.45) is 0 Å². The van der Waals surface area contributed by atoms with Gasteiger partial charge in [0.2, 0.25) is 5.91 Å². The molecule has 0 aliphatic carbocycles. The number of hydrogen-bond donors (Lipinski definition) is 2. The van der Waals surface area contributed by atoms with E-state index in [2.05, 4.69) is 43.4 Å². The van der Waals surface area contributed by atoms with Gasteiger partial charge in [0.1, 0.15) is 0 Å². The summed E-state index contributed by atoms with van der Waals surface area (Å²) in [5, 5.41) is 5.69. The number of amides is 2. The number of rotatable bonds is 3. The van der Waals surface area contributed by atoms with Crippen LogP contribution in [0.2, 0.25) is 0 Å². The van der Waals surface area contributed by atoms with E-state index in [-0.39, 0.29) is 23.2 Å². The van der Waals surface area contributed by atoms with E-state index in [9.17, 15) is 9.59 Å². The predicted octanol–water partition coefficient (Wildman–Crippen LogP) is 0.941.